The Labute approximate surface area is 212 Å². The second-order valence-corrected chi connectivity index (χ2v) is 8.79. The second-order valence-electron chi connectivity index (χ2n) is 8.79. The molecule has 3 rings (SSSR count). The van der Waals surface area contributed by atoms with Crippen molar-refractivity contribution in [2.75, 3.05) is 33.3 Å². The fourth-order valence-corrected chi connectivity index (χ4v) is 3.56. The maximum Gasteiger partial charge on any atom is 0.408 e. The summed E-state index contributed by atoms with van der Waals surface area (Å²) in [5.41, 5.74) is 1.46. The standard InChI is InChI=1S/C23H34N6O3.HI/c1-23(2,3)32-22(30)27-19(17-9-7-6-8-10-17)14-25-21(24-4)29-11-12-31-20(16-29)18-13-26-28(5)15-18;/h6-10,13,15,19-20H,11-12,14,16H2,1-5H3,(H,24,25)(H,27,30);1H. The van der Waals surface area contributed by atoms with Crippen LogP contribution in [0, 0.1) is 0 Å². The number of aromatic nitrogens is 2. The van der Waals surface area contributed by atoms with E-state index in [1.165, 1.54) is 0 Å². The number of benzene rings is 1. The number of rotatable bonds is 5. The minimum atomic E-state index is -0.566. The molecule has 1 saturated heterocycles. The smallest absolute Gasteiger partial charge is 0.408 e. The van der Waals surface area contributed by atoms with Crippen molar-refractivity contribution in [3.8, 4) is 0 Å². The van der Waals surface area contributed by atoms with Gasteiger partial charge in [0.1, 0.15) is 11.7 Å². The van der Waals surface area contributed by atoms with Gasteiger partial charge >= 0.3 is 6.09 Å². The summed E-state index contributed by atoms with van der Waals surface area (Å²) < 4.78 is 13.2. The van der Waals surface area contributed by atoms with Crippen molar-refractivity contribution in [3.63, 3.8) is 0 Å². The Bertz CT molecular complexity index is 912. The average molecular weight is 570 g/mol. The Morgan fingerprint density at radius 1 is 1.33 bits per heavy atom. The Hall–Kier alpha value is -2.34. The van der Waals surface area contributed by atoms with Crippen LogP contribution in [0.4, 0.5) is 4.79 Å². The van der Waals surface area contributed by atoms with Crippen molar-refractivity contribution in [1.82, 2.24) is 25.3 Å². The Kier molecular flexibility index (Phi) is 9.96. The van der Waals surface area contributed by atoms with Crippen molar-refractivity contribution < 1.29 is 14.3 Å². The van der Waals surface area contributed by atoms with Gasteiger partial charge < -0.3 is 25.0 Å². The molecule has 1 aromatic carbocycles. The minimum Gasteiger partial charge on any atom is -0.444 e. The first-order valence-electron chi connectivity index (χ1n) is 10.9. The van der Waals surface area contributed by atoms with Gasteiger partial charge in [-0.25, -0.2) is 4.79 Å². The molecule has 0 bridgehead atoms. The maximum atomic E-state index is 12.4. The average Bonchev–Trinajstić information content (AvgIpc) is 3.19. The number of aryl methyl sites for hydroxylation is 1. The third-order valence-corrected chi connectivity index (χ3v) is 5.03. The number of hydrogen-bond acceptors (Lipinski definition) is 5. The van der Waals surface area contributed by atoms with E-state index in [4.69, 9.17) is 9.47 Å². The Morgan fingerprint density at radius 3 is 2.67 bits per heavy atom. The van der Waals surface area contributed by atoms with Crippen molar-refractivity contribution >= 4 is 36.0 Å². The highest BCUT2D eigenvalue weighted by Crippen LogP contribution is 2.22. The van der Waals surface area contributed by atoms with E-state index in [1.54, 1.807) is 11.7 Å². The minimum absolute atomic E-state index is 0. The van der Waals surface area contributed by atoms with Crippen molar-refractivity contribution in [3.05, 3.63) is 53.9 Å². The van der Waals surface area contributed by atoms with Gasteiger partial charge in [-0.1, -0.05) is 30.3 Å². The van der Waals surface area contributed by atoms with E-state index in [2.05, 4.69) is 25.6 Å². The Balaban J connectivity index is 0.00000385. The highest BCUT2D eigenvalue weighted by atomic mass is 127. The maximum absolute atomic E-state index is 12.4. The number of guanidine groups is 1. The molecule has 0 spiro atoms. The number of amides is 1. The first kappa shape index (κ1) is 26.9. The van der Waals surface area contributed by atoms with E-state index in [9.17, 15) is 4.79 Å². The highest BCUT2D eigenvalue weighted by Gasteiger charge is 2.26. The number of ether oxygens (including phenoxy) is 2. The van der Waals surface area contributed by atoms with Crippen LogP contribution < -0.4 is 10.6 Å². The van der Waals surface area contributed by atoms with Crippen molar-refractivity contribution in [2.24, 2.45) is 12.0 Å². The summed E-state index contributed by atoms with van der Waals surface area (Å²) in [6.07, 6.45) is 3.29. The molecule has 0 aliphatic carbocycles. The monoisotopic (exact) mass is 570 g/mol. The molecule has 10 heteroatoms. The zero-order valence-corrected chi connectivity index (χ0v) is 22.3. The first-order valence-corrected chi connectivity index (χ1v) is 10.9. The molecule has 1 aliphatic rings. The Morgan fingerprint density at radius 2 is 2.06 bits per heavy atom. The molecule has 2 aromatic rings. The van der Waals surface area contributed by atoms with Gasteiger partial charge in [-0.3, -0.25) is 9.67 Å². The van der Waals surface area contributed by atoms with Gasteiger partial charge in [0, 0.05) is 38.9 Å². The molecule has 1 fully saturated rings. The van der Waals surface area contributed by atoms with Gasteiger partial charge in [-0.2, -0.15) is 5.10 Å². The molecule has 2 heterocycles. The van der Waals surface area contributed by atoms with Gasteiger partial charge in [0.15, 0.2) is 5.96 Å². The van der Waals surface area contributed by atoms with E-state index >= 15 is 0 Å². The number of morpholine rings is 1. The lowest BCUT2D eigenvalue weighted by Crippen LogP contribution is -2.50. The van der Waals surface area contributed by atoms with E-state index in [0.717, 1.165) is 23.6 Å². The summed E-state index contributed by atoms with van der Waals surface area (Å²) in [6.45, 7) is 8.00. The number of nitrogens with zero attached hydrogens (tertiary/aromatic N) is 4. The number of hydrogen-bond donors (Lipinski definition) is 2. The molecule has 2 N–H and O–H groups in total. The van der Waals surface area contributed by atoms with Crippen LogP contribution in [0.1, 0.15) is 44.0 Å². The predicted molar refractivity (Wildman–Crippen MR) is 139 cm³/mol. The molecule has 0 radical (unpaired) electrons. The molecule has 2 unspecified atom stereocenters. The molecule has 33 heavy (non-hydrogen) atoms. The van der Waals surface area contributed by atoms with Crippen LogP contribution in [0.2, 0.25) is 0 Å². The van der Waals surface area contributed by atoms with Crippen LogP contribution in [0.25, 0.3) is 0 Å². The zero-order chi connectivity index (χ0) is 23.1. The van der Waals surface area contributed by atoms with Crippen LogP contribution in [-0.4, -0.2) is 65.6 Å². The lowest BCUT2D eigenvalue weighted by molar-refractivity contribution is -0.00805. The zero-order valence-electron chi connectivity index (χ0n) is 19.9. The number of carbonyl (C=O) groups excluding carboxylic acids is 1. The van der Waals surface area contributed by atoms with Gasteiger partial charge in [0.2, 0.25) is 0 Å². The molecule has 1 aliphatic heterocycles. The predicted octanol–water partition coefficient (Wildman–Crippen LogP) is 3.25. The SMILES string of the molecule is CN=C(NCC(NC(=O)OC(C)(C)C)c1ccccc1)N1CCOC(c2cnn(C)c2)C1.I. The number of halogens is 1. The van der Waals surface area contributed by atoms with E-state index in [1.807, 2.05) is 70.5 Å². The van der Waals surface area contributed by atoms with E-state index < -0.39 is 11.7 Å². The summed E-state index contributed by atoms with van der Waals surface area (Å²) in [5.74, 6) is 0.758. The van der Waals surface area contributed by atoms with Gasteiger partial charge in [0.05, 0.1) is 25.4 Å². The quantitative estimate of drug-likeness (QED) is 0.326. The molecule has 1 amide bonds. The highest BCUT2D eigenvalue weighted by molar-refractivity contribution is 14.0. The summed E-state index contributed by atoms with van der Waals surface area (Å²) in [4.78, 5) is 19.1. The third kappa shape index (κ3) is 8.18. The fourth-order valence-electron chi connectivity index (χ4n) is 3.56. The summed E-state index contributed by atoms with van der Waals surface area (Å²) in [5, 5.41) is 10.6. The number of nitrogens with one attached hydrogen (secondary N) is 2. The van der Waals surface area contributed by atoms with Crippen molar-refractivity contribution in [2.45, 2.75) is 38.5 Å². The van der Waals surface area contributed by atoms with Gasteiger partial charge in [-0.05, 0) is 26.3 Å². The molecular weight excluding hydrogens is 535 g/mol. The largest absolute Gasteiger partial charge is 0.444 e. The van der Waals surface area contributed by atoms with Gasteiger partial charge in [-0.15, -0.1) is 24.0 Å². The van der Waals surface area contributed by atoms with Crippen LogP contribution in [0.15, 0.2) is 47.7 Å². The normalized spacial score (nSPS) is 17.7. The van der Waals surface area contributed by atoms with Crippen molar-refractivity contribution in [1.29, 1.82) is 0 Å². The molecular formula is C23H35IN6O3. The molecule has 9 nitrogen and oxygen atoms in total. The van der Waals surface area contributed by atoms with E-state index in [0.29, 0.717) is 19.7 Å². The second kappa shape index (κ2) is 12.2. The lowest BCUT2D eigenvalue weighted by atomic mass is 10.1. The number of carbonyl (C=O) groups is 1. The summed E-state index contributed by atoms with van der Waals surface area (Å²) in [6, 6.07) is 9.55. The van der Waals surface area contributed by atoms with E-state index in [-0.39, 0.29) is 36.1 Å². The van der Waals surface area contributed by atoms with Gasteiger partial charge in [0.25, 0.3) is 0 Å². The first-order chi connectivity index (χ1) is 15.2. The number of alkyl carbamates (subject to hydrolysis) is 1. The number of aliphatic imine (C=N–C) groups is 1. The van der Waals surface area contributed by atoms with Crippen LogP contribution in [0.3, 0.4) is 0 Å². The topological polar surface area (TPSA) is 93.0 Å². The van der Waals surface area contributed by atoms with Crippen LogP contribution >= 0.6 is 24.0 Å². The van der Waals surface area contributed by atoms with Crippen LogP contribution in [0.5, 0.6) is 0 Å². The fraction of sp³-hybridized carbons (Fsp3) is 0.522. The third-order valence-electron chi connectivity index (χ3n) is 5.03. The molecule has 1 aromatic heterocycles. The molecule has 2 atom stereocenters. The molecule has 0 saturated carbocycles. The lowest BCUT2D eigenvalue weighted by Gasteiger charge is -2.35. The molecule has 182 valence electrons. The summed E-state index contributed by atoms with van der Waals surface area (Å²) >= 11 is 0. The van der Waals surface area contributed by atoms with Crippen LogP contribution in [-0.2, 0) is 16.5 Å². The summed E-state index contributed by atoms with van der Waals surface area (Å²) in [7, 11) is 3.65.